The van der Waals surface area contributed by atoms with E-state index in [1.165, 1.54) is 36.5 Å². The molecule has 3 amide bonds. The molecule has 2 aromatic carbocycles. The number of hydrogen-bond donors (Lipinski definition) is 4. The van der Waals surface area contributed by atoms with Gasteiger partial charge in [0.05, 0.1) is 26.6 Å². The van der Waals surface area contributed by atoms with Crippen LogP contribution in [0.4, 0.5) is 11.4 Å². The molecule has 0 radical (unpaired) electrons. The first-order valence-electron chi connectivity index (χ1n) is 9.64. The number of nitrogens with two attached hydrogens (primary N) is 1. The molecule has 0 aliphatic rings. The van der Waals surface area contributed by atoms with Crippen LogP contribution < -0.4 is 16.0 Å². The summed E-state index contributed by atoms with van der Waals surface area (Å²) in [5.41, 5.74) is 6.16. The number of amides is 3. The SMILES string of the molecule is CCS(=N)(=O)c1ccc(C(=O)Nc2ccc(N(C)C(=O)c3nc[nH]c3C(N)=O)cc2)c(Cl)c1. The third-order valence-corrected chi connectivity index (χ3v) is 7.02. The van der Waals surface area contributed by atoms with E-state index < -0.39 is 27.5 Å². The lowest BCUT2D eigenvalue weighted by Crippen LogP contribution is -2.29. The minimum absolute atomic E-state index is 0.0844. The van der Waals surface area contributed by atoms with Crippen molar-refractivity contribution in [2.45, 2.75) is 11.8 Å². The third-order valence-electron chi connectivity index (χ3n) is 4.88. The Morgan fingerprint density at radius 3 is 2.45 bits per heavy atom. The Morgan fingerprint density at radius 2 is 1.88 bits per heavy atom. The fraction of sp³-hybridized carbons (Fsp3) is 0.143. The highest BCUT2D eigenvalue weighted by Crippen LogP contribution is 2.24. The number of carbonyl (C=O) groups is 3. The number of H-pyrrole nitrogens is 1. The average Bonchev–Trinajstić information content (AvgIpc) is 3.28. The predicted molar refractivity (Wildman–Crippen MR) is 125 cm³/mol. The number of rotatable bonds is 7. The van der Waals surface area contributed by atoms with Gasteiger partial charge >= 0.3 is 0 Å². The molecule has 0 spiro atoms. The van der Waals surface area contributed by atoms with Crippen LogP contribution in [0.3, 0.4) is 0 Å². The number of nitrogens with zero attached hydrogens (tertiary/aromatic N) is 2. The average molecular weight is 489 g/mol. The van der Waals surface area contributed by atoms with Crippen LogP contribution in [0.1, 0.15) is 38.3 Å². The third kappa shape index (κ3) is 5.04. The highest BCUT2D eigenvalue weighted by Gasteiger charge is 2.22. The second kappa shape index (κ2) is 9.43. The number of imidazole rings is 1. The summed E-state index contributed by atoms with van der Waals surface area (Å²) in [5, 5.41) is 2.78. The largest absolute Gasteiger partial charge is 0.364 e. The lowest BCUT2D eigenvalue weighted by atomic mass is 10.2. The van der Waals surface area contributed by atoms with Gasteiger partial charge in [0, 0.05) is 29.1 Å². The van der Waals surface area contributed by atoms with Gasteiger partial charge in [0.25, 0.3) is 17.7 Å². The summed E-state index contributed by atoms with van der Waals surface area (Å²) in [5.74, 6) is -1.68. The van der Waals surface area contributed by atoms with Gasteiger partial charge in [0.15, 0.2) is 5.69 Å². The van der Waals surface area contributed by atoms with E-state index in [4.69, 9.17) is 22.1 Å². The van der Waals surface area contributed by atoms with E-state index in [1.807, 2.05) is 0 Å². The van der Waals surface area contributed by atoms with Crippen molar-refractivity contribution in [3.05, 3.63) is 70.8 Å². The van der Waals surface area contributed by atoms with Gasteiger partial charge in [0.2, 0.25) is 0 Å². The summed E-state index contributed by atoms with van der Waals surface area (Å²) in [4.78, 5) is 44.6. The molecule has 0 aliphatic carbocycles. The Labute approximate surface area is 195 Å². The van der Waals surface area contributed by atoms with Crippen LogP contribution in [0.5, 0.6) is 0 Å². The molecule has 1 unspecified atom stereocenters. The number of nitrogens with one attached hydrogen (secondary N) is 3. The lowest BCUT2D eigenvalue weighted by Gasteiger charge is -2.17. The first kappa shape index (κ1) is 24.0. The number of aromatic nitrogens is 2. The predicted octanol–water partition coefficient (Wildman–Crippen LogP) is 3.12. The zero-order valence-corrected chi connectivity index (χ0v) is 19.3. The fourth-order valence-electron chi connectivity index (χ4n) is 2.94. The lowest BCUT2D eigenvalue weighted by molar-refractivity contribution is 0.0958. The van der Waals surface area contributed by atoms with Gasteiger partial charge in [0.1, 0.15) is 5.69 Å². The maximum Gasteiger partial charge on any atom is 0.279 e. The van der Waals surface area contributed by atoms with Crippen molar-refractivity contribution >= 4 is 50.4 Å². The van der Waals surface area contributed by atoms with Gasteiger partial charge in [-0.15, -0.1) is 0 Å². The first-order chi connectivity index (χ1) is 15.5. The van der Waals surface area contributed by atoms with Gasteiger partial charge in [-0.3, -0.25) is 14.4 Å². The van der Waals surface area contributed by atoms with E-state index in [0.29, 0.717) is 11.4 Å². The molecule has 10 nitrogen and oxygen atoms in total. The van der Waals surface area contributed by atoms with Gasteiger partial charge in [-0.1, -0.05) is 18.5 Å². The van der Waals surface area contributed by atoms with Crippen molar-refractivity contribution in [2.75, 3.05) is 23.0 Å². The van der Waals surface area contributed by atoms with Crippen molar-refractivity contribution in [1.82, 2.24) is 9.97 Å². The van der Waals surface area contributed by atoms with Crippen molar-refractivity contribution in [3.8, 4) is 0 Å². The highest BCUT2D eigenvalue weighted by atomic mass is 35.5. The molecule has 5 N–H and O–H groups in total. The summed E-state index contributed by atoms with van der Waals surface area (Å²) in [6.07, 6.45) is 1.21. The van der Waals surface area contributed by atoms with Crippen molar-refractivity contribution in [2.24, 2.45) is 5.73 Å². The van der Waals surface area contributed by atoms with Gasteiger partial charge < -0.3 is 20.9 Å². The molecular formula is C21H21ClN6O4S. The molecule has 33 heavy (non-hydrogen) atoms. The van der Waals surface area contributed by atoms with Crippen LogP contribution in [-0.2, 0) is 9.73 Å². The van der Waals surface area contributed by atoms with Gasteiger partial charge in [-0.25, -0.2) is 14.0 Å². The second-order valence-corrected chi connectivity index (χ2v) is 9.77. The number of anilines is 2. The van der Waals surface area contributed by atoms with Gasteiger partial charge in [-0.05, 0) is 42.5 Å². The van der Waals surface area contributed by atoms with Crippen LogP contribution in [-0.4, -0.2) is 44.7 Å². The maximum absolute atomic E-state index is 12.7. The normalized spacial score (nSPS) is 12.6. The summed E-state index contributed by atoms with van der Waals surface area (Å²) in [6, 6.07) is 10.6. The minimum Gasteiger partial charge on any atom is -0.364 e. The second-order valence-electron chi connectivity index (χ2n) is 6.96. The fourth-order valence-corrected chi connectivity index (χ4v) is 4.20. The smallest absolute Gasteiger partial charge is 0.279 e. The number of primary amides is 1. The number of carbonyl (C=O) groups excluding carboxylic acids is 3. The highest BCUT2D eigenvalue weighted by molar-refractivity contribution is 7.92. The molecule has 3 rings (SSSR count). The van der Waals surface area contributed by atoms with Crippen LogP contribution in [0, 0.1) is 4.78 Å². The van der Waals surface area contributed by atoms with E-state index >= 15 is 0 Å². The number of halogens is 1. The van der Waals surface area contributed by atoms with Crippen LogP contribution in [0.2, 0.25) is 5.02 Å². The number of benzene rings is 2. The monoisotopic (exact) mass is 488 g/mol. The van der Waals surface area contributed by atoms with Crippen LogP contribution >= 0.6 is 11.6 Å². The minimum atomic E-state index is -2.95. The molecule has 0 bridgehead atoms. The van der Waals surface area contributed by atoms with Crippen LogP contribution in [0.25, 0.3) is 0 Å². The first-order valence-corrected chi connectivity index (χ1v) is 11.7. The Balaban J connectivity index is 1.74. The topological polar surface area (TPSA) is 162 Å². The summed E-state index contributed by atoms with van der Waals surface area (Å²) in [7, 11) is -1.44. The van der Waals surface area contributed by atoms with E-state index in [1.54, 1.807) is 31.2 Å². The molecule has 1 atom stereocenters. The summed E-state index contributed by atoms with van der Waals surface area (Å²) in [6.45, 7) is 1.64. The maximum atomic E-state index is 12.7. The molecule has 0 aliphatic heterocycles. The Morgan fingerprint density at radius 1 is 1.21 bits per heavy atom. The molecule has 1 aromatic heterocycles. The molecule has 1 heterocycles. The molecule has 0 saturated heterocycles. The van der Waals surface area contributed by atoms with E-state index in [2.05, 4.69) is 15.3 Å². The Hall–Kier alpha value is -3.70. The van der Waals surface area contributed by atoms with E-state index in [0.717, 1.165) is 0 Å². The van der Waals surface area contributed by atoms with Crippen molar-refractivity contribution < 1.29 is 18.6 Å². The quantitative estimate of drug-likeness (QED) is 0.401. The van der Waals surface area contributed by atoms with E-state index in [-0.39, 0.29) is 32.6 Å². The molecular weight excluding hydrogens is 468 g/mol. The zero-order chi connectivity index (χ0) is 24.3. The Kier molecular flexibility index (Phi) is 6.84. The zero-order valence-electron chi connectivity index (χ0n) is 17.7. The molecule has 172 valence electrons. The standard InChI is InChI=1S/C21H21ClN6O4S/c1-3-33(24,32)14-8-9-15(16(22)10-14)20(30)27-12-4-6-13(7-5-12)28(2)21(31)18-17(19(23)29)25-11-26-18/h4-11,24H,3H2,1-2H3,(H2,23,29)(H,25,26)(H,27,30). The molecule has 3 aromatic rings. The summed E-state index contributed by atoms with van der Waals surface area (Å²) < 4.78 is 20.0. The van der Waals surface area contributed by atoms with Crippen LogP contribution in [0.15, 0.2) is 53.7 Å². The molecule has 12 heteroatoms. The van der Waals surface area contributed by atoms with Crippen molar-refractivity contribution in [1.29, 1.82) is 4.78 Å². The van der Waals surface area contributed by atoms with E-state index in [9.17, 15) is 18.6 Å². The number of hydrogen-bond acceptors (Lipinski definition) is 6. The Bertz CT molecular complexity index is 1340. The summed E-state index contributed by atoms with van der Waals surface area (Å²) >= 11 is 6.18. The van der Waals surface area contributed by atoms with Crippen molar-refractivity contribution in [3.63, 3.8) is 0 Å². The molecule has 0 fully saturated rings. The number of aromatic amines is 1. The van der Waals surface area contributed by atoms with Gasteiger partial charge in [-0.2, -0.15) is 0 Å². The molecule has 0 saturated carbocycles.